The Kier molecular flexibility index (Phi) is 6.53. The third-order valence-corrected chi connectivity index (χ3v) is 4.52. The molecule has 1 N–H and O–H groups in total. The van der Waals surface area contributed by atoms with Crippen molar-refractivity contribution in [1.82, 2.24) is 4.72 Å². The molecule has 0 spiro atoms. The topological polar surface area (TPSA) is 112 Å². The van der Waals surface area contributed by atoms with Crippen molar-refractivity contribution < 1.29 is 31.9 Å². The number of sulfonamides is 1. The molecule has 26 heavy (non-hydrogen) atoms. The van der Waals surface area contributed by atoms with Crippen LogP contribution in [-0.4, -0.2) is 33.1 Å². The number of carbonyl (C=O) groups excluding carboxylic acids is 2. The van der Waals surface area contributed by atoms with Gasteiger partial charge in [-0.3, -0.25) is 0 Å². The molecule has 0 bridgehead atoms. The number of hydrogen-bond donors (Lipinski definition) is 1. The van der Waals surface area contributed by atoms with E-state index < -0.39 is 28.6 Å². The zero-order valence-corrected chi connectivity index (χ0v) is 15.1. The Morgan fingerprint density at radius 1 is 1.15 bits per heavy atom. The minimum absolute atomic E-state index is 0.0110. The van der Waals surface area contributed by atoms with E-state index in [0.717, 1.165) is 0 Å². The van der Waals surface area contributed by atoms with Crippen LogP contribution in [0.4, 0.5) is 0 Å². The zero-order valence-electron chi connectivity index (χ0n) is 14.3. The molecule has 2 rings (SSSR count). The van der Waals surface area contributed by atoms with E-state index in [9.17, 15) is 18.0 Å². The van der Waals surface area contributed by atoms with Gasteiger partial charge in [0.25, 0.3) is 0 Å². The number of furan rings is 1. The lowest BCUT2D eigenvalue weighted by Gasteiger charge is -2.09. The molecule has 0 radical (unpaired) electrons. The molecule has 0 fully saturated rings. The Hall–Kier alpha value is -2.65. The molecule has 0 saturated carbocycles. The van der Waals surface area contributed by atoms with E-state index in [1.165, 1.54) is 30.5 Å². The molecule has 0 amide bonds. The van der Waals surface area contributed by atoms with Crippen LogP contribution in [0.15, 0.2) is 52.0 Å². The molecule has 2 aromatic rings. The molecule has 1 heterocycles. The fourth-order valence-corrected chi connectivity index (χ4v) is 2.93. The van der Waals surface area contributed by atoms with Crippen LogP contribution < -0.4 is 4.72 Å². The van der Waals surface area contributed by atoms with Crippen molar-refractivity contribution in [2.45, 2.75) is 31.4 Å². The summed E-state index contributed by atoms with van der Waals surface area (Å²) in [5.41, 5.74) is 0.118. The molecule has 1 aromatic heterocycles. The average molecular weight is 381 g/mol. The number of rotatable bonds is 8. The van der Waals surface area contributed by atoms with E-state index in [0.29, 0.717) is 5.76 Å². The number of ether oxygens (including phenoxy) is 2. The van der Waals surface area contributed by atoms with Crippen LogP contribution in [0.1, 0.15) is 30.0 Å². The lowest BCUT2D eigenvalue weighted by atomic mass is 10.2. The first kappa shape index (κ1) is 19.7. The Bertz CT molecular complexity index is 840. The number of hydrogen-bond acceptors (Lipinski definition) is 7. The smallest absolute Gasteiger partial charge is 0.344 e. The molecule has 9 heteroatoms. The minimum atomic E-state index is -3.75. The lowest BCUT2D eigenvalue weighted by molar-refractivity contribution is -0.150. The maximum atomic E-state index is 12.2. The fraction of sp³-hybridized carbons (Fsp3) is 0.294. The third kappa shape index (κ3) is 5.71. The van der Waals surface area contributed by atoms with Crippen LogP contribution in [0.2, 0.25) is 0 Å². The van der Waals surface area contributed by atoms with Crippen molar-refractivity contribution in [3.05, 3.63) is 54.0 Å². The summed E-state index contributed by atoms with van der Waals surface area (Å²) in [6, 6.07) is 8.45. The summed E-state index contributed by atoms with van der Waals surface area (Å²) in [7, 11) is -3.75. The lowest BCUT2D eigenvalue weighted by Crippen LogP contribution is -2.23. The van der Waals surface area contributed by atoms with Crippen molar-refractivity contribution in [3.8, 4) is 0 Å². The minimum Gasteiger partial charge on any atom is -0.468 e. The Morgan fingerprint density at radius 2 is 1.85 bits per heavy atom. The number of carbonyl (C=O) groups is 2. The van der Waals surface area contributed by atoms with Gasteiger partial charge >= 0.3 is 11.9 Å². The van der Waals surface area contributed by atoms with E-state index in [1.54, 1.807) is 26.0 Å². The number of benzene rings is 1. The van der Waals surface area contributed by atoms with Gasteiger partial charge in [-0.05, 0) is 50.2 Å². The van der Waals surface area contributed by atoms with Gasteiger partial charge in [0.1, 0.15) is 5.76 Å². The van der Waals surface area contributed by atoms with Crippen molar-refractivity contribution in [3.63, 3.8) is 0 Å². The molecular formula is C17H19NO7S. The van der Waals surface area contributed by atoms with Crippen LogP contribution >= 0.6 is 0 Å². The standard InChI is InChI=1S/C17H19NO7S/c1-12(2)25-16(19)11-24-17(20)13-5-7-15(8-6-13)26(21,22)18-10-14-4-3-9-23-14/h3-9,12,18H,10-11H2,1-2H3. The van der Waals surface area contributed by atoms with E-state index in [4.69, 9.17) is 13.9 Å². The summed E-state index contributed by atoms with van der Waals surface area (Å²) in [5.74, 6) is -0.935. The van der Waals surface area contributed by atoms with Crippen LogP contribution in [0.5, 0.6) is 0 Å². The maximum absolute atomic E-state index is 12.2. The van der Waals surface area contributed by atoms with Gasteiger partial charge in [0.05, 0.1) is 29.4 Å². The van der Waals surface area contributed by atoms with E-state index >= 15 is 0 Å². The van der Waals surface area contributed by atoms with E-state index in [2.05, 4.69) is 4.72 Å². The highest BCUT2D eigenvalue weighted by molar-refractivity contribution is 7.89. The van der Waals surface area contributed by atoms with Crippen molar-refractivity contribution >= 4 is 22.0 Å². The van der Waals surface area contributed by atoms with Crippen LogP contribution in [-0.2, 0) is 30.8 Å². The largest absolute Gasteiger partial charge is 0.468 e. The predicted molar refractivity (Wildman–Crippen MR) is 90.7 cm³/mol. The summed E-state index contributed by atoms with van der Waals surface area (Å²) >= 11 is 0. The van der Waals surface area contributed by atoms with Gasteiger partial charge in [-0.2, -0.15) is 0 Å². The second-order valence-corrected chi connectivity index (χ2v) is 7.31. The molecule has 8 nitrogen and oxygen atoms in total. The summed E-state index contributed by atoms with van der Waals surface area (Å²) in [4.78, 5) is 23.2. The molecule has 140 valence electrons. The molecule has 0 aliphatic heterocycles. The highest BCUT2D eigenvalue weighted by Crippen LogP contribution is 2.12. The van der Waals surface area contributed by atoms with Gasteiger partial charge in [-0.1, -0.05) is 0 Å². The van der Waals surface area contributed by atoms with Gasteiger partial charge in [0, 0.05) is 0 Å². The van der Waals surface area contributed by atoms with Crippen molar-refractivity contribution in [2.24, 2.45) is 0 Å². The Labute approximate surface area is 151 Å². The number of esters is 2. The first-order valence-corrected chi connectivity index (χ1v) is 9.25. The maximum Gasteiger partial charge on any atom is 0.344 e. The molecule has 0 atom stereocenters. The Morgan fingerprint density at radius 3 is 2.42 bits per heavy atom. The van der Waals surface area contributed by atoms with E-state index in [1.807, 2.05) is 0 Å². The Balaban J connectivity index is 1.94. The van der Waals surface area contributed by atoms with Crippen LogP contribution in [0, 0.1) is 0 Å². The van der Waals surface area contributed by atoms with Crippen molar-refractivity contribution in [2.75, 3.05) is 6.61 Å². The molecule has 0 aliphatic carbocycles. The first-order chi connectivity index (χ1) is 12.3. The van der Waals surface area contributed by atoms with Crippen molar-refractivity contribution in [1.29, 1.82) is 0 Å². The summed E-state index contributed by atoms with van der Waals surface area (Å²) in [6.07, 6.45) is 1.14. The highest BCUT2D eigenvalue weighted by atomic mass is 32.2. The van der Waals surface area contributed by atoms with Gasteiger partial charge in [-0.15, -0.1) is 0 Å². The third-order valence-electron chi connectivity index (χ3n) is 3.11. The normalized spacial score (nSPS) is 11.3. The van der Waals surface area contributed by atoms with Gasteiger partial charge < -0.3 is 13.9 Å². The fourth-order valence-electron chi connectivity index (χ4n) is 1.94. The SMILES string of the molecule is CC(C)OC(=O)COC(=O)c1ccc(S(=O)(=O)NCc2ccco2)cc1. The van der Waals surface area contributed by atoms with Crippen LogP contribution in [0.3, 0.4) is 0 Å². The number of nitrogens with one attached hydrogen (secondary N) is 1. The summed E-state index contributed by atoms with van der Waals surface area (Å²) < 4.78 is 41.5. The molecule has 0 aliphatic rings. The predicted octanol–water partition coefficient (Wildman–Crippen LogP) is 1.87. The zero-order chi connectivity index (χ0) is 19.2. The van der Waals surface area contributed by atoms with Gasteiger partial charge in [0.15, 0.2) is 6.61 Å². The highest BCUT2D eigenvalue weighted by Gasteiger charge is 2.17. The first-order valence-electron chi connectivity index (χ1n) is 7.76. The summed E-state index contributed by atoms with van der Waals surface area (Å²) in [6.45, 7) is 2.86. The second-order valence-electron chi connectivity index (χ2n) is 5.54. The van der Waals surface area contributed by atoms with Gasteiger partial charge in [0.2, 0.25) is 10.0 Å². The average Bonchev–Trinajstić information content (AvgIpc) is 3.11. The molecule has 1 aromatic carbocycles. The molecule has 0 unspecified atom stereocenters. The molecule has 0 saturated heterocycles. The second kappa shape index (κ2) is 8.63. The van der Waals surface area contributed by atoms with E-state index in [-0.39, 0.29) is 23.1 Å². The summed E-state index contributed by atoms with van der Waals surface area (Å²) in [5, 5.41) is 0. The quantitative estimate of drug-likeness (QED) is 0.695. The van der Waals surface area contributed by atoms with Crippen LogP contribution in [0.25, 0.3) is 0 Å². The van der Waals surface area contributed by atoms with Gasteiger partial charge in [-0.25, -0.2) is 22.7 Å². The monoisotopic (exact) mass is 381 g/mol. The molecular weight excluding hydrogens is 362 g/mol.